The van der Waals surface area contributed by atoms with Crippen molar-refractivity contribution >= 4 is 17.7 Å². The monoisotopic (exact) mass is 306 g/mol. The fourth-order valence-electron chi connectivity index (χ4n) is 2.80. The van der Waals surface area contributed by atoms with Crippen LogP contribution < -0.4 is 0 Å². The Morgan fingerprint density at radius 1 is 1.18 bits per heavy atom. The highest BCUT2D eigenvalue weighted by Gasteiger charge is 2.30. The van der Waals surface area contributed by atoms with E-state index in [2.05, 4.69) is 0 Å². The van der Waals surface area contributed by atoms with Crippen molar-refractivity contribution in [2.24, 2.45) is 5.92 Å². The molecule has 3 amide bonds. The molecule has 2 aliphatic heterocycles. The van der Waals surface area contributed by atoms with Crippen molar-refractivity contribution < 1.29 is 19.5 Å². The van der Waals surface area contributed by atoms with Gasteiger partial charge in [-0.25, -0.2) is 0 Å². The molecule has 0 bridgehead atoms. The van der Waals surface area contributed by atoms with Crippen LogP contribution in [0.1, 0.15) is 33.6 Å². The van der Waals surface area contributed by atoms with Gasteiger partial charge in [0, 0.05) is 30.3 Å². The largest absolute Gasteiger partial charge is 0.370 e. The van der Waals surface area contributed by atoms with E-state index in [1.165, 1.54) is 15.9 Å². The van der Waals surface area contributed by atoms with E-state index in [1.54, 1.807) is 19.9 Å². The van der Waals surface area contributed by atoms with Crippen molar-refractivity contribution in [1.82, 2.24) is 9.80 Å². The molecule has 2 rings (SSSR count). The zero-order valence-corrected chi connectivity index (χ0v) is 13.2. The number of aliphatic hydroxyl groups excluding tert-OH is 1. The minimum Gasteiger partial charge on any atom is -0.370 e. The summed E-state index contributed by atoms with van der Waals surface area (Å²) in [7, 11) is 0. The lowest BCUT2D eigenvalue weighted by Crippen LogP contribution is -2.38. The number of hydrogen-bond acceptors (Lipinski definition) is 4. The Bertz CT molecular complexity index is 564. The predicted molar refractivity (Wildman–Crippen MR) is 80.4 cm³/mol. The van der Waals surface area contributed by atoms with Crippen LogP contribution in [0.25, 0.3) is 0 Å². The lowest BCUT2D eigenvalue weighted by molar-refractivity contribution is -0.137. The first-order valence-corrected chi connectivity index (χ1v) is 7.53. The Morgan fingerprint density at radius 3 is 2.36 bits per heavy atom. The lowest BCUT2D eigenvalue weighted by atomic mass is 10.0. The van der Waals surface area contributed by atoms with Gasteiger partial charge in [0.1, 0.15) is 6.23 Å². The molecule has 1 N–H and O–H groups in total. The molecule has 0 saturated heterocycles. The van der Waals surface area contributed by atoms with Gasteiger partial charge in [-0.2, -0.15) is 0 Å². The third-order valence-electron chi connectivity index (χ3n) is 4.09. The molecule has 0 saturated carbocycles. The van der Waals surface area contributed by atoms with E-state index in [4.69, 9.17) is 0 Å². The smallest absolute Gasteiger partial charge is 0.256 e. The van der Waals surface area contributed by atoms with Crippen LogP contribution in [0.15, 0.2) is 23.3 Å². The number of imide groups is 1. The van der Waals surface area contributed by atoms with Crippen molar-refractivity contribution in [1.29, 1.82) is 0 Å². The molecule has 2 unspecified atom stereocenters. The molecule has 120 valence electrons. The number of carbonyl (C=O) groups excluding carboxylic acids is 3. The van der Waals surface area contributed by atoms with Crippen LogP contribution in [0.5, 0.6) is 0 Å². The Labute approximate surface area is 130 Å². The molecular formula is C16H22N2O4. The van der Waals surface area contributed by atoms with Gasteiger partial charge in [-0.05, 0) is 38.7 Å². The Balaban J connectivity index is 1.75. The van der Waals surface area contributed by atoms with E-state index in [0.717, 1.165) is 6.42 Å². The Kier molecular flexibility index (Phi) is 4.81. The van der Waals surface area contributed by atoms with Crippen molar-refractivity contribution in [3.05, 3.63) is 23.3 Å². The summed E-state index contributed by atoms with van der Waals surface area (Å²) >= 11 is 0. The molecule has 2 aliphatic rings. The van der Waals surface area contributed by atoms with Gasteiger partial charge in [0.2, 0.25) is 0 Å². The summed E-state index contributed by atoms with van der Waals surface area (Å²) in [5.74, 6) is -0.424. The summed E-state index contributed by atoms with van der Waals surface area (Å²) in [6.45, 7) is 6.18. The second-order valence-electron chi connectivity index (χ2n) is 6.09. The molecule has 22 heavy (non-hydrogen) atoms. The SMILES string of the molecule is CC1=CC(=O)N(CCCC(C)CN2C(=O)C(C)=CC2O)C1=O. The first-order chi connectivity index (χ1) is 10.3. The van der Waals surface area contributed by atoms with E-state index in [9.17, 15) is 19.5 Å². The van der Waals surface area contributed by atoms with E-state index < -0.39 is 6.23 Å². The Hall–Kier alpha value is -1.95. The topological polar surface area (TPSA) is 77.9 Å². The number of nitrogens with zero attached hydrogens (tertiary/aromatic N) is 2. The molecule has 0 aromatic heterocycles. The molecule has 0 aromatic carbocycles. The Morgan fingerprint density at radius 2 is 1.86 bits per heavy atom. The fraction of sp³-hybridized carbons (Fsp3) is 0.562. The first kappa shape index (κ1) is 16.4. The van der Waals surface area contributed by atoms with Crippen LogP contribution in [-0.2, 0) is 14.4 Å². The van der Waals surface area contributed by atoms with Gasteiger partial charge in [-0.15, -0.1) is 0 Å². The average Bonchev–Trinajstić information content (AvgIpc) is 2.82. The highest BCUT2D eigenvalue weighted by molar-refractivity contribution is 6.15. The van der Waals surface area contributed by atoms with Crippen molar-refractivity contribution in [3.8, 4) is 0 Å². The summed E-state index contributed by atoms with van der Waals surface area (Å²) < 4.78 is 0. The van der Waals surface area contributed by atoms with E-state index in [1.807, 2.05) is 6.92 Å². The van der Waals surface area contributed by atoms with Gasteiger partial charge in [0.15, 0.2) is 0 Å². The first-order valence-electron chi connectivity index (χ1n) is 7.53. The molecule has 2 atom stereocenters. The van der Waals surface area contributed by atoms with Crippen LogP contribution >= 0.6 is 0 Å². The number of aliphatic hydroxyl groups is 1. The minimum absolute atomic E-state index is 0.135. The second-order valence-corrected chi connectivity index (χ2v) is 6.09. The quantitative estimate of drug-likeness (QED) is 0.737. The maximum Gasteiger partial charge on any atom is 0.256 e. The third-order valence-corrected chi connectivity index (χ3v) is 4.09. The van der Waals surface area contributed by atoms with E-state index in [0.29, 0.717) is 30.7 Å². The summed E-state index contributed by atoms with van der Waals surface area (Å²) in [6, 6.07) is 0. The van der Waals surface area contributed by atoms with Gasteiger partial charge in [0.05, 0.1) is 0 Å². The highest BCUT2D eigenvalue weighted by atomic mass is 16.3. The summed E-state index contributed by atoms with van der Waals surface area (Å²) in [6.07, 6.45) is 3.52. The van der Waals surface area contributed by atoms with E-state index in [-0.39, 0.29) is 23.6 Å². The maximum atomic E-state index is 11.8. The predicted octanol–water partition coefficient (Wildman–Crippen LogP) is 0.825. The zero-order valence-electron chi connectivity index (χ0n) is 13.2. The second kappa shape index (κ2) is 6.44. The molecular weight excluding hydrogens is 284 g/mol. The average molecular weight is 306 g/mol. The minimum atomic E-state index is -0.844. The normalized spacial score (nSPS) is 23.3. The van der Waals surface area contributed by atoms with Crippen LogP contribution in [0.3, 0.4) is 0 Å². The van der Waals surface area contributed by atoms with Crippen LogP contribution in [0.4, 0.5) is 0 Å². The van der Waals surface area contributed by atoms with Crippen molar-refractivity contribution in [3.63, 3.8) is 0 Å². The fourth-order valence-corrected chi connectivity index (χ4v) is 2.80. The van der Waals surface area contributed by atoms with Gasteiger partial charge < -0.3 is 10.0 Å². The lowest BCUT2D eigenvalue weighted by Gasteiger charge is -2.25. The number of rotatable bonds is 6. The highest BCUT2D eigenvalue weighted by Crippen LogP contribution is 2.20. The van der Waals surface area contributed by atoms with Gasteiger partial charge in [-0.1, -0.05) is 6.92 Å². The van der Waals surface area contributed by atoms with Crippen molar-refractivity contribution in [2.75, 3.05) is 13.1 Å². The molecule has 0 aliphatic carbocycles. The molecule has 0 spiro atoms. The van der Waals surface area contributed by atoms with Crippen molar-refractivity contribution in [2.45, 2.75) is 39.8 Å². The molecule has 6 nitrogen and oxygen atoms in total. The third kappa shape index (κ3) is 3.27. The van der Waals surface area contributed by atoms with Crippen LogP contribution in [0.2, 0.25) is 0 Å². The summed E-state index contributed by atoms with van der Waals surface area (Å²) in [5.41, 5.74) is 1.04. The number of carbonyl (C=O) groups is 3. The van der Waals surface area contributed by atoms with Crippen LogP contribution in [-0.4, -0.2) is 51.9 Å². The molecule has 2 heterocycles. The number of amides is 3. The molecule has 6 heteroatoms. The van der Waals surface area contributed by atoms with Gasteiger partial charge in [0.25, 0.3) is 17.7 Å². The van der Waals surface area contributed by atoms with Gasteiger partial charge in [-0.3, -0.25) is 19.3 Å². The summed E-state index contributed by atoms with van der Waals surface area (Å²) in [5, 5.41) is 9.80. The van der Waals surface area contributed by atoms with Crippen LogP contribution in [0, 0.1) is 5.92 Å². The molecule has 0 aromatic rings. The standard InChI is InChI=1S/C16H22N2O4/c1-10(9-18-14(20)8-12(3)16(18)22)5-4-6-17-13(19)7-11(2)15(17)21/h7-8,10,14,20H,4-6,9H2,1-3H3. The van der Waals surface area contributed by atoms with Gasteiger partial charge >= 0.3 is 0 Å². The van der Waals surface area contributed by atoms with E-state index >= 15 is 0 Å². The molecule has 0 radical (unpaired) electrons. The summed E-state index contributed by atoms with van der Waals surface area (Å²) in [4.78, 5) is 37.9. The molecule has 0 fully saturated rings. The number of hydrogen-bond donors (Lipinski definition) is 1. The zero-order chi connectivity index (χ0) is 16.4. The maximum absolute atomic E-state index is 11.8.